The summed E-state index contributed by atoms with van der Waals surface area (Å²) in [7, 11) is 3.72. The van der Waals surface area contributed by atoms with Gasteiger partial charge in [0.1, 0.15) is 18.4 Å². The number of rotatable bonds is 7. The molecule has 0 saturated heterocycles. The molecule has 0 unspecified atom stereocenters. The Morgan fingerprint density at radius 3 is 2.52 bits per heavy atom. The fourth-order valence-electron chi connectivity index (χ4n) is 1.98. The minimum absolute atomic E-state index is 0.0810. The van der Waals surface area contributed by atoms with Gasteiger partial charge in [0.15, 0.2) is 0 Å². The smallest absolute Gasteiger partial charge is 0.253 e. The summed E-state index contributed by atoms with van der Waals surface area (Å²) in [6, 6.07) is 4.57. The zero-order chi connectivity index (χ0) is 17.4. The molecule has 2 amide bonds. The van der Waals surface area contributed by atoms with E-state index in [-0.39, 0.29) is 24.3 Å². The summed E-state index contributed by atoms with van der Waals surface area (Å²) < 4.78 is 0. The third-order valence-corrected chi connectivity index (χ3v) is 3.14. The predicted molar refractivity (Wildman–Crippen MR) is 87.9 cm³/mol. The fraction of sp³-hybridized carbons (Fsp3) is 0.500. The molecule has 1 rings (SSSR count). The van der Waals surface area contributed by atoms with Crippen LogP contribution in [0.15, 0.2) is 18.3 Å². The molecule has 0 aliphatic heterocycles. The Labute approximate surface area is 136 Å². The Morgan fingerprint density at radius 1 is 1.35 bits per heavy atom. The number of pyridine rings is 1. The van der Waals surface area contributed by atoms with Gasteiger partial charge in [-0.3, -0.25) is 9.59 Å². The van der Waals surface area contributed by atoms with Gasteiger partial charge in [0, 0.05) is 20.3 Å². The summed E-state index contributed by atoms with van der Waals surface area (Å²) >= 11 is 0. The van der Waals surface area contributed by atoms with E-state index in [1.165, 1.54) is 6.20 Å². The second-order valence-electron chi connectivity index (χ2n) is 5.83. The van der Waals surface area contributed by atoms with Crippen molar-refractivity contribution in [3.8, 4) is 6.07 Å². The molecule has 0 aliphatic carbocycles. The summed E-state index contributed by atoms with van der Waals surface area (Å²) in [6.45, 7) is 3.84. The van der Waals surface area contributed by atoms with Crippen LogP contribution < -0.4 is 15.5 Å². The summed E-state index contributed by atoms with van der Waals surface area (Å²) in [4.78, 5) is 30.4. The van der Waals surface area contributed by atoms with Crippen molar-refractivity contribution >= 4 is 17.6 Å². The first-order valence-corrected chi connectivity index (χ1v) is 7.44. The Morgan fingerprint density at radius 2 is 2.04 bits per heavy atom. The molecule has 7 heteroatoms. The molecule has 1 atom stereocenters. The van der Waals surface area contributed by atoms with E-state index in [0.717, 1.165) is 5.82 Å². The minimum Gasteiger partial charge on any atom is -0.363 e. The van der Waals surface area contributed by atoms with E-state index < -0.39 is 6.04 Å². The molecular weight excluding hydrogens is 294 g/mol. The van der Waals surface area contributed by atoms with Crippen LogP contribution in [0.5, 0.6) is 0 Å². The number of nitrogens with one attached hydrogen (secondary N) is 2. The van der Waals surface area contributed by atoms with Crippen molar-refractivity contribution in [2.45, 2.75) is 26.3 Å². The largest absolute Gasteiger partial charge is 0.363 e. The zero-order valence-electron chi connectivity index (χ0n) is 14.0. The highest BCUT2D eigenvalue weighted by Crippen LogP contribution is 2.10. The highest BCUT2D eigenvalue weighted by atomic mass is 16.2. The number of hydrogen-bond donors (Lipinski definition) is 2. The van der Waals surface area contributed by atoms with Gasteiger partial charge in [-0.15, -0.1) is 0 Å². The first kappa shape index (κ1) is 18.4. The fourth-order valence-corrected chi connectivity index (χ4v) is 1.98. The maximum Gasteiger partial charge on any atom is 0.253 e. The lowest BCUT2D eigenvalue weighted by Gasteiger charge is -2.19. The zero-order valence-corrected chi connectivity index (χ0v) is 14.0. The lowest BCUT2D eigenvalue weighted by Crippen LogP contribution is -2.47. The maximum atomic E-state index is 12.3. The summed E-state index contributed by atoms with van der Waals surface area (Å²) in [5.41, 5.74) is 0.387. The molecule has 1 aromatic rings. The van der Waals surface area contributed by atoms with E-state index >= 15 is 0 Å². The van der Waals surface area contributed by atoms with Crippen LogP contribution in [0.1, 0.15) is 30.6 Å². The van der Waals surface area contributed by atoms with Crippen molar-refractivity contribution in [2.24, 2.45) is 5.92 Å². The first-order valence-electron chi connectivity index (χ1n) is 7.44. The van der Waals surface area contributed by atoms with E-state index in [4.69, 9.17) is 5.26 Å². The molecule has 0 radical (unpaired) electrons. The molecule has 23 heavy (non-hydrogen) atoms. The van der Waals surface area contributed by atoms with Crippen LogP contribution in [0, 0.1) is 17.2 Å². The van der Waals surface area contributed by atoms with Crippen molar-refractivity contribution in [3.63, 3.8) is 0 Å². The molecule has 0 spiro atoms. The summed E-state index contributed by atoms with van der Waals surface area (Å²) in [5.74, 6) is 0.251. The lowest BCUT2D eigenvalue weighted by molar-refractivity contribution is -0.123. The van der Waals surface area contributed by atoms with E-state index in [2.05, 4.69) is 15.6 Å². The van der Waals surface area contributed by atoms with Gasteiger partial charge >= 0.3 is 0 Å². The van der Waals surface area contributed by atoms with Crippen LogP contribution in [-0.2, 0) is 4.79 Å². The van der Waals surface area contributed by atoms with Crippen LogP contribution in [0.2, 0.25) is 0 Å². The second kappa shape index (κ2) is 8.73. The molecule has 0 aromatic carbocycles. The van der Waals surface area contributed by atoms with E-state index in [1.807, 2.05) is 38.9 Å². The Balaban J connectivity index is 2.79. The molecule has 0 saturated carbocycles. The molecule has 2 N–H and O–H groups in total. The van der Waals surface area contributed by atoms with Crippen molar-refractivity contribution in [1.82, 2.24) is 15.6 Å². The molecule has 7 nitrogen and oxygen atoms in total. The average Bonchev–Trinajstić information content (AvgIpc) is 2.51. The normalized spacial score (nSPS) is 11.5. The van der Waals surface area contributed by atoms with Crippen LogP contribution in [-0.4, -0.2) is 43.5 Å². The van der Waals surface area contributed by atoms with Crippen molar-refractivity contribution in [2.75, 3.05) is 25.5 Å². The Bertz CT molecular complexity index is 575. The summed E-state index contributed by atoms with van der Waals surface area (Å²) in [6.07, 6.45) is 1.97. The standard InChI is InChI=1S/C16H23N5O2/c1-11(2)9-13(16(23)18-8-7-17)20-15(22)12-5-6-14(19-10-12)21(3)4/h5-6,10-11,13H,8-9H2,1-4H3,(H,18,23)(H,20,22)/t13-/m0/s1. The van der Waals surface area contributed by atoms with Gasteiger partial charge in [0.05, 0.1) is 11.6 Å². The molecule has 1 heterocycles. The van der Waals surface area contributed by atoms with Gasteiger partial charge in [-0.05, 0) is 24.5 Å². The van der Waals surface area contributed by atoms with E-state index in [1.54, 1.807) is 12.1 Å². The van der Waals surface area contributed by atoms with Crippen LogP contribution in [0.25, 0.3) is 0 Å². The third kappa shape index (κ3) is 5.94. The number of anilines is 1. The van der Waals surface area contributed by atoms with Gasteiger partial charge in [-0.2, -0.15) is 5.26 Å². The third-order valence-electron chi connectivity index (χ3n) is 3.14. The molecule has 0 aliphatic rings. The number of amides is 2. The summed E-state index contributed by atoms with van der Waals surface area (Å²) in [5, 5.41) is 13.7. The number of nitriles is 1. The van der Waals surface area contributed by atoms with Crippen molar-refractivity contribution in [1.29, 1.82) is 5.26 Å². The van der Waals surface area contributed by atoms with Gasteiger partial charge < -0.3 is 15.5 Å². The van der Waals surface area contributed by atoms with Gasteiger partial charge in [-0.25, -0.2) is 4.98 Å². The Hall–Kier alpha value is -2.62. The van der Waals surface area contributed by atoms with Crippen LogP contribution in [0.4, 0.5) is 5.82 Å². The molecule has 0 fully saturated rings. The molecule has 124 valence electrons. The van der Waals surface area contributed by atoms with Gasteiger partial charge in [0.25, 0.3) is 5.91 Å². The van der Waals surface area contributed by atoms with Crippen molar-refractivity contribution < 1.29 is 9.59 Å². The predicted octanol–water partition coefficient (Wildman–Crippen LogP) is 0.932. The van der Waals surface area contributed by atoms with E-state index in [0.29, 0.717) is 12.0 Å². The lowest BCUT2D eigenvalue weighted by atomic mass is 10.0. The minimum atomic E-state index is -0.677. The molecular formula is C16H23N5O2. The highest BCUT2D eigenvalue weighted by Gasteiger charge is 2.22. The van der Waals surface area contributed by atoms with Crippen molar-refractivity contribution in [3.05, 3.63) is 23.9 Å². The number of carbonyl (C=O) groups excluding carboxylic acids is 2. The number of carbonyl (C=O) groups is 2. The number of nitrogens with zero attached hydrogens (tertiary/aromatic N) is 3. The first-order chi connectivity index (χ1) is 10.8. The van der Waals surface area contributed by atoms with Crippen LogP contribution >= 0.6 is 0 Å². The van der Waals surface area contributed by atoms with Crippen LogP contribution in [0.3, 0.4) is 0 Å². The second-order valence-corrected chi connectivity index (χ2v) is 5.83. The monoisotopic (exact) mass is 317 g/mol. The highest BCUT2D eigenvalue weighted by molar-refractivity contribution is 5.97. The maximum absolute atomic E-state index is 12.3. The van der Waals surface area contributed by atoms with E-state index in [9.17, 15) is 9.59 Å². The quantitative estimate of drug-likeness (QED) is 0.729. The average molecular weight is 317 g/mol. The number of hydrogen-bond acceptors (Lipinski definition) is 5. The van der Waals surface area contributed by atoms with Gasteiger partial charge in [0.2, 0.25) is 5.91 Å². The molecule has 0 bridgehead atoms. The Kier molecular flexibility index (Phi) is 7.00. The topological polar surface area (TPSA) is 98.1 Å². The van der Waals surface area contributed by atoms with Gasteiger partial charge in [-0.1, -0.05) is 13.8 Å². The molecule has 1 aromatic heterocycles. The number of aromatic nitrogens is 1. The SMILES string of the molecule is CC(C)C[C@H](NC(=O)c1ccc(N(C)C)nc1)C(=O)NCC#N.